The number of nitrogens with two attached hydrogens (primary N) is 1. The van der Waals surface area contributed by atoms with Gasteiger partial charge in [-0.25, -0.2) is 0 Å². The number of halogens is 1. The van der Waals surface area contributed by atoms with Crippen LogP contribution in [0.25, 0.3) is 0 Å². The van der Waals surface area contributed by atoms with Gasteiger partial charge in [0.25, 0.3) is 0 Å². The van der Waals surface area contributed by atoms with E-state index in [1.165, 1.54) is 5.56 Å². The molecule has 3 heteroatoms. The molecule has 0 radical (unpaired) electrons. The molecule has 0 bridgehead atoms. The Bertz CT molecular complexity index is 540. The first-order valence-corrected chi connectivity index (χ1v) is 6.36. The van der Waals surface area contributed by atoms with Crippen LogP contribution in [0.1, 0.15) is 18.1 Å². The van der Waals surface area contributed by atoms with E-state index in [4.69, 9.17) is 22.1 Å². The monoisotopic (exact) mass is 261 g/mol. The van der Waals surface area contributed by atoms with Crippen molar-refractivity contribution in [1.82, 2.24) is 0 Å². The van der Waals surface area contributed by atoms with Gasteiger partial charge in [0.1, 0.15) is 11.5 Å². The lowest BCUT2D eigenvalue weighted by molar-refractivity contribution is 0.471. The van der Waals surface area contributed by atoms with E-state index >= 15 is 0 Å². The van der Waals surface area contributed by atoms with Crippen LogP contribution in [0.4, 0.5) is 0 Å². The maximum absolute atomic E-state index is 5.95. The van der Waals surface area contributed by atoms with Crippen LogP contribution in [-0.4, -0.2) is 0 Å². The van der Waals surface area contributed by atoms with Gasteiger partial charge in [-0.1, -0.05) is 36.7 Å². The molecular formula is C15H16ClNO. The molecule has 0 aliphatic rings. The summed E-state index contributed by atoms with van der Waals surface area (Å²) in [5.41, 5.74) is 7.79. The molecule has 2 rings (SSSR count). The van der Waals surface area contributed by atoms with Crippen LogP contribution in [0, 0.1) is 0 Å². The third-order valence-electron chi connectivity index (χ3n) is 2.82. The van der Waals surface area contributed by atoms with Gasteiger partial charge in [0, 0.05) is 17.1 Å². The van der Waals surface area contributed by atoms with Gasteiger partial charge in [-0.05, 0) is 36.2 Å². The highest BCUT2D eigenvalue weighted by molar-refractivity contribution is 6.30. The van der Waals surface area contributed by atoms with Crippen LogP contribution in [0.15, 0.2) is 42.5 Å². The minimum atomic E-state index is 0.407. The highest BCUT2D eigenvalue weighted by Gasteiger charge is 2.07. The molecule has 2 N–H and O–H groups in total. The lowest BCUT2D eigenvalue weighted by Crippen LogP contribution is -2.00. The van der Waals surface area contributed by atoms with E-state index in [1.54, 1.807) is 0 Å². The molecule has 2 nitrogen and oxygen atoms in total. The van der Waals surface area contributed by atoms with Crippen molar-refractivity contribution >= 4 is 11.6 Å². The molecular weight excluding hydrogens is 246 g/mol. The van der Waals surface area contributed by atoms with E-state index in [2.05, 4.69) is 13.0 Å². The second kappa shape index (κ2) is 5.89. The van der Waals surface area contributed by atoms with E-state index in [0.717, 1.165) is 23.5 Å². The topological polar surface area (TPSA) is 35.2 Å². The Kier molecular flexibility index (Phi) is 4.24. The van der Waals surface area contributed by atoms with Gasteiger partial charge in [0.2, 0.25) is 0 Å². The number of para-hydroxylation sites is 1. The molecule has 2 aromatic rings. The zero-order valence-corrected chi connectivity index (χ0v) is 11.1. The van der Waals surface area contributed by atoms with Gasteiger partial charge in [-0.3, -0.25) is 0 Å². The summed E-state index contributed by atoms with van der Waals surface area (Å²) >= 11 is 5.95. The zero-order chi connectivity index (χ0) is 13.0. The lowest BCUT2D eigenvalue weighted by atomic mass is 10.1. The lowest BCUT2D eigenvalue weighted by Gasteiger charge is -2.13. The SMILES string of the molecule is CCc1ccccc1Oc1ccc(Cl)cc1CN. The van der Waals surface area contributed by atoms with Crippen molar-refractivity contribution in [1.29, 1.82) is 0 Å². The summed E-state index contributed by atoms with van der Waals surface area (Å²) in [6, 6.07) is 13.5. The minimum Gasteiger partial charge on any atom is -0.457 e. The molecule has 0 aliphatic carbocycles. The maximum atomic E-state index is 5.95. The van der Waals surface area contributed by atoms with Crippen LogP contribution in [0.2, 0.25) is 5.02 Å². The summed E-state index contributed by atoms with van der Waals surface area (Å²) in [5.74, 6) is 1.64. The quantitative estimate of drug-likeness (QED) is 0.897. The van der Waals surface area contributed by atoms with Crippen molar-refractivity contribution in [3.63, 3.8) is 0 Å². The third-order valence-corrected chi connectivity index (χ3v) is 3.05. The van der Waals surface area contributed by atoms with Gasteiger partial charge in [-0.15, -0.1) is 0 Å². The molecule has 0 spiro atoms. The van der Waals surface area contributed by atoms with Gasteiger partial charge in [-0.2, -0.15) is 0 Å². The number of hydrogen-bond acceptors (Lipinski definition) is 2. The number of hydrogen-bond donors (Lipinski definition) is 1. The number of rotatable bonds is 4. The van der Waals surface area contributed by atoms with Gasteiger partial charge in [0.05, 0.1) is 0 Å². The number of benzene rings is 2. The van der Waals surface area contributed by atoms with Gasteiger partial charge in [0.15, 0.2) is 0 Å². The van der Waals surface area contributed by atoms with Crippen molar-refractivity contribution in [3.8, 4) is 11.5 Å². The summed E-state index contributed by atoms with van der Waals surface area (Å²) in [7, 11) is 0. The van der Waals surface area contributed by atoms with Crippen molar-refractivity contribution < 1.29 is 4.74 Å². The largest absolute Gasteiger partial charge is 0.457 e. The summed E-state index contributed by atoms with van der Waals surface area (Å²) in [5, 5.41) is 0.673. The molecule has 2 aromatic carbocycles. The molecule has 0 unspecified atom stereocenters. The van der Waals surface area contributed by atoms with Gasteiger partial charge >= 0.3 is 0 Å². The molecule has 0 saturated heterocycles. The van der Waals surface area contributed by atoms with Gasteiger partial charge < -0.3 is 10.5 Å². The Morgan fingerprint density at radius 1 is 1.06 bits per heavy atom. The van der Waals surface area contributed by atoms with E-state index < -0.39 is 0 Å². The Labute approximate surface area is 112 Å². The normalized spacial score (nSPS) is 10.4. The second-order valence-electron chi connectivity index (χ2n) is 4.02. The van der Waals surface area contributed by atoms with Crippen molar-refractivity contribution in [2.75, 3.05) is 0 Å². The van der Waals surface area contributed by atoms with Crippen LogP contribution >= 0.6 is 11.6 Å². The molecule has 0 atom stereocenters. The summed E-state index contributed by atoms with van der Waals surface area (Å²) in [4.78, 5) is 0. The Morgan fingerprint density at radius 3 is 2.50 bits per heavy atom. The number of ether oxygens (including phenoxy) is 1. The third kappa shape index (κ3) is 2.84. The second-order valence-corrected chi connectivity index (χ2v) is 4.46. The molecule has 94 valence electrons. The molecule has 0 aromatic heterocycles. The summed E-state index contributed by atoms with van der Waals surface area (Å²) in [6.45, 7) is 2.51. The first-order valence-electron chi connectivity index (χ1n) is 5.99. The molecule has 18 heavy (non-hydrogen) atoms. The molecule has 0 aliphatic heterocycles. The standard InChI is InChI=1S/C15H16ClNO/c1-2-11-5-3-4-6-14(11)18-15-8-7-13(16)9-12(15)10-17/h3-9H,2,10,17H2,1H3. The minimum absolute atomic E-state index is 0.407. The Balaban J connectivity index is 2.33. The van der Waals surface area contributed by atoms with Crippen LogP contribution in [0.5, 0.6) is 11.5 Å². The first kappa shape index (κ1) is 12.9. The van der Waals surface area contributed by atoms with E-state index in [-0.39, 0.29) is 0 Å². The van der Waals surface area contributed by atoms with E-state index in [1.807, 2.05) is 36.4 Å². The zero-order valence-electron chi connectivity index (χ0n) is 10.3. The average Bonchev–Trinajstić information content (AvgIpc) is 2.41. The number of aryl methyl sites for hydroxylation is 1. The van der Waals surface area contributed by atoms with Crippen LogP contribution in [-0.2, 0) is 13.0 Å². The maximum Gasteiger partial charge on any atom is 0.132 e. The molecule has 0 fully saturated rings. The first-order chi connectivity index (χ1) is 8.74. The van der Waals surface area contributed by atoms with Crippen molar-refractivity contribution in [2.45, 2.75) is 19.9 Å². The van der Waals surface area contributed by atoms with E-state index in [0.29, 0.717) is 11.6 Å². The van der Waals surface area contributed by atoms with Crippen molar-refractivity contribution in [3.05, 3.63) is 58.6 Å². The van der Waals surface area contributed by atoms with Crippen LogP contribution < -0.4 is 10.5 Å². The molecule has 0 saturated carbocycles. The fraction of sp³-hybridized carbons (Fsp3) is 0.200. The van der Waals surface area contributed by atoms with E-state index in [9.17, 15) is 0 Å². The Hall–Kier alpha value is -1.51. The fourth-order valence-corrected chi connectivity index (χ4v) is 2.02. The van der Waals surface area contributed by atoms with Crippen LogP contribution in [0.3, 0.4) is 0 Å². The Morgan fingerprint density at radius 2 is 1.78 bits per heavy atom. The average molecular weight is 262 g/mol. The fourth-order valence-electron chi connectivity index (χ4n) is 1.82. The summed E-state index contributed by atoms with van der Waals surface area (Å²) in [6.07, 6.45) is 0.932. The smallest absolute Gasteiger partial charge is 0.132 e. The van der Waals surface area contributed by atoms with Crippen molar-refractivity contribution in [2.24, 2.45) is 5.73 Å². The predicted octanol–water partition coefficient (Wildman–Crippen LogP) is 4.15. The predicted molar refractivity (Wildman–Crippen MR) is 75.2 cm³/mol. The summed E-state index contributed by atoms with van der Waals surface area (Å²) < 4.78 is 5.94. The highest BCUT2D eigenvalue weighted by atomic mass is 35.5. The highest BCUT2D eigenvalue weighted by Crippen LogP contribution is 2.29. The molecule has 0 heterocycles. The molecule has 0 amide bonds.